The summed E-state index contributed by atoms with van der Waals surface area (Å²) in [6.45, 7) is 3.52. The predicted octanol–water partition coefficient (Wildman–Crippen LogP) is 2.26. The smallest absolute Gasteiger partial charge is 0.309 e. The lowest BCUT2D eigenvalue weighted by molar-refractivity contribution is 0.381. The SMILES string of the molecule is CCCCCCCCN(C)C.O=S(=O)(O)O. The molecule has 0 aliphatic carbocycles. The molecule has 6 heteroatoms. The molecule has 0 radical (unpaired) electrons. The van der Waals surface area contributed by atoms with Crippen LogP contribution in [0.15, 0.2) is 0 Å². The van der Waals surface area contributed by atoms with Gasteiger partial charge in [-0.2, -0.15) is 8.42 Å². The molecule has 0 bridgehead atoms. The standard InChI is InChI=1S/C10H23N.H2O4S/c1-4-5-6-7-8-9-10-11(2)3;1-5(2,3)4/h4-10H2,1-3H3;(H2,1,2,3,4). The Morgan fingerprint density at radius 1 is 0.938 bits per heavy atom. The van der Waals surface area contributed by atoms with Crippen LogP contribution in [-0.2, 0) is 10.4 Å². The zero-order chi connectivity index (χ0) is 13.0. The second-order valence-corrected chi connectivity index (χ2v) is 4.91. The van der Waals surface area contributed by atoms with E-state index < -0.39 is 10.4 Å². The molecular weight excluding hydrogens is 230 g/mol. The fourth-order valence-corrected chi connectivity index (χ4v) is 1.21. The first kappa shape index (κ1) is 18.2. The van der Waals surface area contributed by atoms with Crippen molar-refractivity contribution in [2.75, 3.05) is 20.6 Å². The largest absolute Gasteiger partial charge is 0.394 e. The molecule has 0 atom stereocenters. The number of rotatable bonds is 7. The maximum absolute atomic E-state index is 8.74. The van der Waals surface area contributed by atoms with Crippen LogP contribution < -0.4 is 0 Å². The lowest BCUT2D eigenvalue weighted by Gasteiger charge is -2.08. The van der Waals surface area contributed by atoms with E-state index in [1.165, 1.54) is 45.1 Å². The normalized spacial score (nSPS) is 11.1. The van der Waals surface area contributed by atoms with Gasteiger partial charge in [-0.25, -0.2) is 0 Å². The van der Waals surface area contributed by atoms with E-state index in [4.69, 9.17) is 17.5 Å². The number of hydrogen-bond donors (Lipinski definition) is 2. The molecule has 16 heavy (non-hydrogen) atoms. The van der Waals surface area contributed by atoms with Gasteiger partial charge in [0, 0.05) is 0 Å². The molecule has 0 aliphatic heterocycles. The van der Waals surface area contributed by atoms with Gasteiger partial charge in [0.1, 0.15) is 0 Å². The van der Waals surface area contributed by atoms with Gasteiger partial charge in [-0.15, -0.1) is 0 Å². The van der Waals surface area contributed by atoms with Crippen LogP contribution in [0.5, 0.6) is 0 Å². The minimum absolute atomic E-state index is 1.26. The number of unbranched alkanes of at least 4 members (excludes halogenated alkanes) is 5. The Morgan fingerprint density at radius 2 is 1.31 bits per heavy atom. The van der Waals surface area contributed by atoms with Crippen molar-refractivity contribution in [3.8, 4) is 0 Å². The van der Waals surface area contributed by atoms with E-state index in [0.717, 1.165) is 0 Å². The molecule has 0 aromatic heterocycles. The summed E-state index contributed by atoms with van der Waals surface area (Å²) in [5.41, 5.74) is 0. The van der Waals surface area contributed by atoms with Gasteiger partial charge in [0.2, 0.25) is 0 Å². The summed E-state index contributed by atoms with van der Waals surface area (Å²) in [6, 6.07) is 0. The number of nitrogens with zero attached hydrogens (tertiary/aromatic N) is 1. The molecule has 0 heterocycles. The highest BCUT2D eigenvalue weighted by Crippen LogP contribution is 2.04. The minimum atomic E-state index is -4.67. The molecule has 0 aliphatic rings. The maximum atomic E-state index is 8.74. The average Bonchev–Trinajstić information content (AvgIpc) is 2.08. The molecule has 0 spiro atoms. The van der Waals surface area contributed by atoms with Crippen molar-refractivity contribution in [1.29, 1.82) is 0 Å². The van der Waals surface area contributed by atoms with Gasteiger partial charge in [-0.3, -0.25) is 9.11 Å². The Kier molecular flexibility index (Phi) is 12.9. The molecule has 0 rings (SSSR count). The zero-order valence-corrected chi connectivity index (χ0v) is 11.3. The summed E-state index contributed by atoms with van der Waals surface area (Å²) in [5, 5.41) is 0. The molecule has 0 saturated heterocycles. The van der Waals surface area contributed by atoms with E-state index >= 15 is 0 Å². The van der Waals surface area contributed by atoms with Crippen molar-refractivity contribution < 1.29 is 17.5 Å². The highest BCUT2D eigenvalue weighted by atomic mass is 32.3. The summed E-state index contributed by atoms with van der Waals surface area (Å²) < 4.78 is 31.6. The van der Waals surface area contributed by atoms with Crippen LogP contribution in [0.25, 0.3) is 0 Å². The topological polar surface area (TPSA) is 77.8 Å². The summed E-state index contributed by atoms with van der Waals surface area (Å²) >= 11 is 0. The van der Waals surface area contributed by atoms with Crippen LogP contribution in [0.4, 0.5) is 0 Å². The van der Waals surface area contributed by atoms with E-state index in [0.29, 0.717) is 0 Å². The van der Waals surface area contributed by atoms with E-state index in [1.54, 1.807) is 0 Å². The third kappa shape index (κ3) is 37.1. The van der Waals surface area contributed by atoms with Crippen LogP contribution in [0.1, 0.15) is 45.4 Å². The quantitative estimate of drug-likeness (QED) is 0.539. The van der Waals surface area contributed by atoms with Crippen molar-refractivity contribution in [2.45, 2.75) is 45.4 Å². The third-order valence-electron chi connectivity index (χ3n) is 1.96. The lowest BCUT2D eigenvalue weighted by atomic mass is 10.1. The van der Waals surface area contributed by atoms with Gasteiger partial charge < -0.3 is 4.90 Å². The molecule has 2 N–H and O–H groups in total. The average molecular weight is 255 g/mol. The highest BCUT2D eigenvalue weighted by Gasteiger charge is 1.90. The fourth-order valence-electron chi connectivity index (χ4n) is 1.21. The van der Waals surface area contributed by atoms with Gasteiger partial charge in [0.15, 0.2) is 0 Å². The van der Waals surface area contributed by atoms with Crippen LogP contribution in [0.3, 0.4) is 0 Å². The van der Waals surface area contributed by atoms with Crippen molar-refractivity contribution in [3.05, 3.63) is 0 Å². The second kappa shape index (κ2) is 11.3. The Labute approximate surface area is 99.4 Å². The highest BCUT2D eigenvalue weighted by molar-refractivity contribution is 7.79. The van der Waals surface area contributed by atoms with Crippen molar-refractivity contribution >= 4 is 10.4 Å². The predicted molar refractivity (Wildman–Crippen MR) is 66.1 cm³/mol. The molecule has 0 fully saturated rings. The van der Waals surface area contributed by atoms with E-state index in [-0.39, 0.29) is 0 Å². The van der Waals surface area contributed by atoms with Gasteiger partial charge in [0.25, 0.3) is 0 Å². The molecule has 0 aromatic rings. The number of hydrogen-bond acceptors (Lipinski definition) is 3. The van der Waals surface area contributed by atoms with Crippen LogP contribution in [0.2, 0.25) is 0 Å². The summed E-state index contributed by atoms with van der Waals surface area (Å²) in [5.74, 6) is 0. The summed E-state index contributed by atoms with van der Waals surface area (Å²) in [6.07, 6.45) is 8.43. The first-order valence-corrected chi connectivity index (χ1v) is 7.01. The monoisotopic (exact) mass is 255 g/mol. The maximum Gasteiger partial charge on any atom is 0.394 e. The van der Waals surface area contributed by atoms with Crippen molar-refractivity contribution in [3.63, 3.8) is 0 Å². The van der Waals surface area contributed by atoms with Gasteiger partial charge in [-0.05, 0) is 27.1 Å². The Morgan fingerprint density at radius 3 is 1.69 bits per heavy atom. The third-order valence-corrected chi connectivity index (χ3v) is 1.96. The molecule has 0 amide bonds. The van der Waals surface area contributed by atoms with E-state index in [1.807, 2.05) is 0 Å². The molecule has 0 saturated carbocycles. The second-order valence-electron chi connectivity index (χ2n) is 4.02. The van der Waals surface area contributed by atoms with Gasteiger partial charge in [0.05, 0.1) is 0 Å². The summed E-state index contributed by atoms with van der Waals surface area (Å²) in [4.78, 5) is 2.26. The van der Waals surface area contributed by atoms with Gasteiger partial charge >= 0.3 is 10.4 Å². The first-order chi connectivity index (χ1) is 7.27. The Hall–Kier alpha value is -0.170. The van der Waals surface area contributed by atoms with Crippen LogP contribution in [0, 0.1) is 0 Å². The summed E-state index contributed by atoms with van der Waals surface area (Å²) in [7, 11) is -0.377. The van der Waals surface area contributed by atoms with Crippen LogP contribution in [-0.4, -0.2) is 43.1 Å². The molecule has 100 valence electrons. The van der Waals surface area contributed by atoms with Gasteiger partial charge in [-0.1, -0.05) is 39.0 Å². The first-order valence-electron chi connectivity index (χ1n) is 5.62. The molecular formula is C10H25NO4S. The van der Waals surface area contributed by atoms with Crippen LogP contribution >= 0.6 is 0 Å². The lowest BCUT2D eigenvalue weighted by Crippen LogP contribution is -2.12. The molecule has 5 nitrogen and oxygen atoms in total. The zero-order valence-electron chi connectivity index (χ0n) is 10.5. The molecule has 0 aromatic carbocycles. The Balaban J connectivity index is 0. The van der Waals surface area contributed by atoms with Crippen molar-refractivity contribution in [2.24, 2.45) is 0 Å². The fraction of sp³-hybridized carbons (Fsp3) is 1.00. The minimum Gasteiger partial charge on any atom is -0.309 e. The van der Waals surface area contributed by atoms with E-state index in [9.17, 15) is 0 Å². The van der Waals surface area contributed by atoms with Crippen molar-refractivity contribution in [1.82, 2.24) is 4.90 Å². The van der Waals surface area contributed by atoms with E-state index in [2.05, 4.69) is 25.9 Å². The Bertz CT molecular complexity index is 219. The molecule has 0 unspecified atom stereocenters.